The van der Waals surface area contributed by atoms with Crippen LogP contribution in [0.25, 0.3) is 0 Å². The molecule has 8 nitrogen and oxygen atoms in total. The van der Waals surface area contributed by atoms with Crippen molar-refractivity contribution in [1.82, 2.24) is 10.2 Å². The first-order chi connectivity index (χ1) is 15.0. The number of hydrogen-bond donors (Lipinski definition) is 2. The van der Waals surface area contributed by atoms with Crippen LogP contribution in [-0.2, 0) is 4.79 Å². The van der Waals surface area contributed by atoms with E-state index in [0.717, 1.165) is 17.8 Å². The van der Waals surface area contributed by atoms with Crippen molar-refractivity contribution in [2.45, 2.75) is 18.8 Å². The van der Waals surface area contributed by atoms with Gasteiger partial charge < -0.3 is 14.8 Å². The van der Waals surface area contributed by atoms with E-state index in [0.29, 0.717) is 33.1 Å². The van der Waals surface area contributed by atoms with E-state index in [-0.39, 0.29) is 18.3 Å². The van der Waals surface area contributed by atoms with E-state index in [4.69, 9.17) is 21.1 Å². The summed E-state index contributed by atoms with van der Waals surface area (Å²) in [5.74, 6) is 0.495. The van der Waals surface area contributed by atoms with Gasteiger partial charge in [0.2, 0.25) is 5.13 Å². The van der Waals surface area contributed by atoms with Gasteiger partial charge in [-0.2, -0.15) is 0 Å². The molecule has 0 spiro atoms. The number of methoxy groups -OCH3 is 1. The van der Waals surface area contributed by atoms with Crippen LogP contribution in [0.5, 0.6) is 11.5 Å². The fourth-order valence-electron chi connectivity index (χ4n) is 2.81. The van der Waals surface area contributed by atoms with Gasteiger partial charge in [0.05, 0.1) is 17.7 Å². The van der Waals surface area contributed by atoms with E-state index in [2.05, 4.69) is 20.8 Å². The second-order valence-electron chi connectivity index (χ2n) is 6.86. The molecule has 0 aliphatic heterocycles. The van der Waals surface area contributed by atoms with Crippen LogP contribution in [-0.4, -0.2) is 35.7 Å². The molecule has 2 N–H and O–H groups in total. The first-order valence-electron chi connectivity index (χ1n) is 9.53. The average molecular weight is 459 g/mol. The van der Waals surface area contributed by atoms with Crippen molar-refractivity contribution in [3.63, 3.8) is 0 Å². The van der Waals surface area contributed by atoms with Crippen LogP contribution in [0.15, 0.2) is 42.5 Å². The lowest BCUT2D eigenvalue weighted by atomic mass is 10.2. The van der Waals surface area contributed by atoms with Gasteiger partial charge in [0, 0.05) is 11.6 Å². The topological polar surface area (TPSA) is 102 Å². The zero-order valence-electron chi connectivity index (χ0n) is 16.6. The van der Waals surface area contributed by atoms with Crippen molar-refractivity contribution in [3.05, 3.63) is 58.1 Å². The highest BCUT2D eigenvalue weighted by Crippen LogP contribution is 2.42. The number of carbonyl (C=O) groups excluding carboxylic acids is 2. The third-order valence-corrected chi connectivity index (χ3v) is 5.81. The number of nitrogens with one attached hydrogen (secondary N) is 2. The molecular formula is C21H19ClN4O4S. The monoisotopic (exact) mass is 458 g/mol. The summed E-state index contributed by atoms with van der Waals surface area (Å²) in [4.78, 5) is 25.0. The SMILES string of the molecule is COc1ccc(NC(=O)COc2ccccc2C(=O)Nc2nnc(C3CC3)s2)cc1Cl. The number of hydrogen-bond acceptors (Lipinski definition) is 7. The Morgan fingerprint density at radius 3 is 2.68 bits per heavy atom. The summed E-state index contributed by atoms with van der Waals surface area (Å²) >= 11 is 7.45. The van der Waals surface area contributed by atoms with Gasteiger partial charge >= 0.3 is 0 Å². The van der Waals surface area contributed by atoms with E-state index in [1.807, 2.05) is 0 Å². The van der Waals surface area contributed by atoms with Crippen LogP contribution in [0.1, 0.15) is 34.1 Å². The highest BCUT2D eigenvalue weighted by atomic mass is 35.5. The standard InChI is InChI=1S/C21H19ClN4O4S/c1-29-17-9-8-13(10-15(17)22)23-18(27)11-30-16-5-3-2-4-14(16)19(28)24-21-26-25-20(31-21)12-6-7-12/h2-5,8-10,12H,6-7,11H2,1H3,(H,23,27)(H,24,26,28). The van der Waals surface area contributed by atoms with E-state index in [1.54, 1.807) is 42.5 Å². The minimum absolute atomic E-state index is 0.279. The average Bonchev–Trinajstić information content (AvgIpc) is 3.51. The van der Waals surface area contributed by atoms with E-state index >= 15 is 0 Å². The van der Waals surface area contributed by atoms with Crippen molar-refractivity contribution in [2.75, 3.05) is 24.4 Å². The number of anilines is 2. The minimum Gasteiger partial charge on any atom is -0.495 e. The normalized spacial score (nSPS) is 12.8. The molecule has 1 aromatic heterocycles. The van der Waals surface area contributed by atoms with Gasteiger partial charge in [0.1, 0.15) is 16.5 Å². The van der Waals surface area contributed by atoms with Crippen LogP contribution in [0.4, 0.5) is 10.8 Å². The van der Waals surface area contributed by atoms with Crippen LogP contribution in [0.2, 0.25) is 5.02 Å². The van der Waals surface area contributed by atoms with Crippen LogP contribution in [0.3, 0.4) is 0 Å². The number of amides is 2. The third-order valence-electron chi connectivity index (χ3n) is 4.51. The molecule has 0 atom stereocenters. The molecule has 0 saturated heterocycles. The van der Waals surface area contributed by atoms with Gasteiger partial charge in [-0.3, -0.25) is 14.9 Å². The molecule has 2 amide bonds. The van der Waals surface area contributed by atoms with E-state index < -0.39 is 5.91 Å². The predicted molar refractivity (Wildman–Crippen MR) is 118 cm³/mol. The number of rotatable bonds is 8. The quantitative estimate of drug-likeness (QED) is 0.520. The molecule has 0 unspecified atom stereocenters. The molecular weight excluding hydrogens is 440 g/mol. The maximum absolute atomic E-state index is 12.7. The molecule has 1 heterocycles. The second-order valence-corrected chi connectivity index (χ2v) is 8.27. The largest absolute Gasteiger partial charge is 0.495 e. The van der Waals surface area contributed by atoms with Gasteiger partial charge in [-0.1, -0.05) is 35.1 Å². The van der Waals surface area contributed by atoms with E-state index in [1.165, 1.54) is 18.4 Å². The third kappa shape index (κ3) is 5.31. The van der Waals surface area contributed by atoms with Crippen molar-refractivity contribution in [3.8, 4) is 11.5 Å². The molecule has 3 aromatic rings. The second kappa shape index (κ2) is 9.32. The van der Waals surface area contributed by atoms with Crippen LogP contribution < -0.4 is 20.1 Å². The molecule has 2 aromatic carbocycles. The molecule has 4 rings (SSSR count). The van der Waals surface area contributed by atoms with Gasteiger partial charge in [-0.25, -0.2) is 0 Å². The Balaban J connectivity index is 1.36. The highest BCUT2D eigenvalue weighted by Gasteiger charge is 2.28. The minimum atomic E-state index is -0.394. The Kier molecular flexibility index (Phi) is 6.34. The Bertz CT molecular complexity index is 1120. The molecule has 1 aliphatic carbocycles. The highest BCUT2D eigenvalue weighted by molar-refractivity contribution is 7.15. The zero-order chi connectivity index (χ0) is 21.8. The first-order valence-corrected chi connectivity index (χ1v) is 10.7. The smallest absolute Gasteiger partial charge is 0.262 e. The van der Waals surface area contributed by atoms with Gasteiger partial charge in [0.15, 0.2) is 6.61 Å². The summed E-state index contributed by atoms with van der Waals surface area (Å²) in [5, 5.41) is 15.3. The number of ether oxygens (including phenoxy) is 2. The fraction of sp³-hybridized carbons (Fsp3) is 0.238. The van der Waals surface area contributed by atoms with E-state index in [9.17, 15) is 9.59 Å². The van der Waals surface area contributed by atoms with Crippen LogP contribution >= 0.6 is 22.9 Å². The Hall–Kier alpha value is -3.17. The van der Waals surface area contributed by atoms with Crippen LogP contribution in [0, 0.1) is 0 Å². The summed E-state index contributed by atoms with van der Waals surface area (Å²) in [6, 6.07) is 11.6. The summed E-state index contributed by atoms with van der Waals surface area (Å²) in [5.41, 5.74) is 0.805. The Labute approximate surface area is 187 Å². The molecule has 1 saturated carbocycles. The van der Waals surface area contributed by atoms with Gasteiger partial charge in [0.25, 0.3) is 11.8 Å². The summed E-state index contributed by atoms with van der Waals surface area (Å²) in [6.07, 6.45) is 2.23. The molecule has 0 radical (unpaired) electrons. The van der Waals surface area contributed by atoms with Crippen molar-refractivity contribution in [1.29, 1.82) is 0 Å². The van der Waals surface area contributed by atoms with Gasteiger partial charge in [-0.15, -0.1) is 10.2 Å². The molecule has 10 heteroatoms. The fourth-order valence-corrected chi connectivity index (χ4v) is 3.97. The van der Waals surface area contributed by atoms with Crippen molar-refractivity contribution >= 4 is 45.6 Å². The lowest BCUT2D eigenvalue weighted by Crippen LogP contribution is -2.21. The van der Waals surface area contributed by atoms with Crippen molar-refractivity contribution in [2.24, 2.45) is 0 Å². The predicted octanol–water partition coefficient (Wildman–Crippen LogP) is 4.35. The lowest BCUT2D eigenvalue weighted by Gasteiger charge is -2.11. The molecule has 1 fully saturated rings. The Morgan fingerprint density at radius 1 is 1.13 bits per heavy atom. The molecule has 1 aliphatic rings. The first kappa shape index (κ1) is 21.1. The number of aromatic nitrogens is 2. The molecule has 0 bridgehead atoms. The maximum atomic E-state index is 12.7. The van der Waals surface area contributed by atoms with Gasteiger partial charge in [-0.05, 0) is 43.2 Å². The number of carbonyl (C=O) groups is 2. The number of halogens is 1. The maximum Gasteiger partial charge on any atom is 0.262 e. The lowest BCUT2D eigenvalue weighted by molar-refractivity contribution is -0.118. The summed E-state index contributed by atoms with van der Waals surface area (Å²) in [7, 11) is 1.51. The zero-order valence-corrected chi connectivity index (χ0v) is 18.1. The molecule has 31 heavy (non-hydrogen) atoms. The summed E-state index contributed by atoms with van der Waals surface area (Å²) < 4.78 is 10.7. The molecule has 160 valence electrons. The Morgan fingerprint density at radius 2 is 1.94 bits per heavy atom. The summed E-state index contributed by atoms with van der Waals surface area (Å²) in [6.45, 7) is -0.279. The van der Waals surface area contributed by atoms with Crippen molar-refractivity contribution < 1.29 is 19.1 Å². The number of benzene rings is 2. The number of nitrogens with zero attached hydrogens (tertiary/aromatic N) is 2. The number of para-hydroxylation sites is 1.